The number of ether oxygens (including phenoxy) is 1. The highest BCUT2D eigenvalue weighted by Gasteiger charge is 2.35. The van der Waals surface area contributed by atoms with Crippen molar-refractivity contribution in [2.45, 2.75) is 90.5 Å². The highest BCUT2D eigenvalue weighted by atomic mass is 32.1. The summed E-state index contributed by atoms with van der Waals surface area (Å²) in [6.07, 6.45) is 2.68. The number of amides is 2. The summed E-state index contributed by atoms with van der Waals surface area (Å²) in [7, 11) is 0. The average Bonchev–Trinajstić information content (AvgIpc) is 3.44. The lowest BCUT2D eigenvalue weighted by Crippen LogP contribution is -2.30. The molecule has 0 saturated heterocycles. The first kappa shape index (κ1) is 28.7. The van der Waals surface area contributed by atoms with E-state index in [1.165, 1.54) is 34.8 Å². The molecule has 0 radical (unpaired) electrons. The Morgan fingerprint density at radius 2 is 1.52 bits per heavy atom. The Kier molecular flexibility index (Phi) is 8.03. The first-order chi connectivity index (χ1) is 18.9. The van der Waals surface area contributed by atoms with Gasteiger partial charge in [0.2, 0.25) is 0 Å². The minimum atomic E-state index is -4.49. The molecule has 2 N–H and O–H groups in total. The summed E-state index contributed by atoms with van der Waals surface area (Å²) in [4.78, 5) is 29.0. The third-order valence-corrected chi connectivity index (χ3v) is 9.76. The third kappa shape index (κ3) is 6.07. The fraction of sp³-hybridized carbons (Fsp3) is 0.467. The first-order valence-corrected chi connectivity index (χ1v) is 15.3. The van der Waals surface area contributed by atoms with E-state index in [0.29, 0.717) is 15.4 Å². The topological polar surface area (TPSA) is 67.4 Å². The van der Waals surface area contributed by atoms with Gasteiger partial charge < -0.3 is 10.1 Å². The van der Waals surface area contributed by atoms with Crippen molar-refractivity contribution in [3.63, 3.8) is 0 Å². The predicted octanol–water partition coefficient (Wildman–Crippen LogP) is 8.53. The summed E-state index contributed by atoms with van der Waals surface area (Å²) >= 11 is 2.80. The molecule has 0 spiro atoms. The molecule has 0 atom stereocenters. The van der Waals surface area contributed by atoms with Crippen LogP contribution in [0.25, 0.3) is 10.4 Å². The summed E-state index contributed by atoms with van der Waals surface area (Å²) in [5, 5.41) is 6.19. The standard InChI is InChI=1S/C30H33F3N2O3S2/c1-29(2,3)38-27(36)24-19-12-6-9-15-23(19)40-26(24)35-28(37)34-16-20-17-10-5-8-14-22(17)39-25(20)18-11-4-7-13-21(18)30(31,32)33/h4,7,11,13H,5-6,8-10,12,14-16H2,1-3H3,(H2,34,35,37). The molecular weight excluding hydrogens is 557 g/mol. The number of hydrogen-bond acceptors (Lipinski definition) is 5. The van der Waals surface area contributed by atoms with E-state index in [2.05, 4.69) is 10.6 Å². The van der Waals surface area contributed by atoms with E-state index in [1.54, 1.807) is 26.8 Å². The number of fused-ring (bicyclic) bond motifs is 2. The molecule has 5 nitrogen and oxygen atoms in total. The molecule has 2 aliphatic rings. The van der Waals surface area contributed by atoms with E-state index < -0.39 is 29.3 Å². The van der Waals surface area contributed by atoms with E-state index in [-0.39, 0.29) is 12.1 Å². The number of aryl methyl sites for hydroxylation is 2. The molecule has 0 saturated carbocycles. The van der Waals surface area contributed by atoms with E-state index in [9.17, 15) is 22.8 Å². The molecule has 0 aliphatic heterocycles. The van der Waals surface area contributed by atoms with Gasteiger partial charge in [-0.25, -0.2) is 9.59 Å². The molecule has 2 amide bonds. The van der Waals surface area contributed by atoms with Gasteiger partial charge in [0.15, 0.2) is 0 Å². The minimum absolute atomic E-state index is 0.0893. The van der Waals surface area contributed by atoms with Crippen molar-refractivity contribution in [1.29, 1.82) is 0 Å². The summed E-state index contributed by atoms with van der Waals surface area (Å²) < 4.78 is 47.4. The van der Waals surface area contributed by atoms with Crippen molar-refractivity contribution in [1.82, 2.24) is 5.32 Å². The molecule has 3 aromatic rings. The number of halogens is 3. The Bertz CT molecular complexity index is 1430. The van der Waals surface area contributed by atoms with Gasteiger partial charge in [-0.2, -0.15) is 13.2 Å². The fourth-order valence-electron chi connectivity index (χ4n) is 5.48. The number of carbonyl (C=O) groups excluding carboxylic acids is 2. The monoisotopic (exact) mass is 590 g/mol. The van der Waals surface area contributed by atoms with Crippen LogP contribution in [-0.2, 0) is 43.1 Å². The zero-order chi connectivity index (χ0) is 28.7. The molecular formula is C30H33F3N2O3S2. The van der Waals surface area contributed by atoms with Gasteiger partial charge in [-0.05, 0) is 94.9 Å². The minimum Gasteiger partial charge on any atom is -0.456 e. The number of urea groups is 1. The highest BCUT2D eigenvalue weighted by molar-refractivity contribution is 7.17. The lowest BCUT2D eigenvalue weighted by Gasteiger charge is -2.21. The molecule has 0 unspecified atom stereocenters. The van der Waals surface area contributed by atoms with E-state index in [0.717, 1.165) is 83.9 Å². The molecule has 0 fully saturated rings. The summed E-state index contributed by atoms with van der Waals surface area (Å²) in [6, 6.07) is 5.12. The normalized spacial score (nSPS) is 15.2. The van der Waals surface area contributed by atoms with Gasteiger partial charge in [0.1, 0.15) is 10.6 Å². The van der Waals surface area contributed by atoms with E-state index >= 15 is 0 Å². The quantitative estimate of drug-likeness (QED) is 0.293. The maximum absolute atomic E-state index is 13.9. The van der Waals surface area contributed by atoms with Gasteiger partial charge in [0.05, 0.1) is 11.1 Å². The molecule has 40 heavy (non-hydrogen) atoms. The molecule has 0 bridgehead atoms. The molecule has 1 aromatic carbocycles. The number of hydrogen-bond donors (Lipinski definition) is 2. The number of benzene rings is 1. The van der Waals surface area contributed by atoms with Crippen LogP contribution in [-0.4, -0.2) is 17.6 Å². The van der Waals surface area contributed by atoms with Crippen LogP contribution in [0.5, 0.6) is 0 Å². The average molecular weight is 591 g/mol. The highest BCUT2D eigenvalue weighted by Crippen LogP contribution is 2.45. The molecule has 2 aliphatic carbocycles. The number of alkyl halides is 3. The smallest absolute Gasteiger partial charge is 0.417 e. The van der Waals surface area contributed by atoms with Gasteiger partial charge in [0.25, 0.3) is 0 Å². The molecule has 2 heterocycles. The van der Waals surface area contributed by atoms with Gasteiger partial charge >= 0.3 is 18.2 Å². The van der Waals surface area contributed by atoms with Crippen molar-refractivity contribution < 1.29 is 27.5 Å². The van der Waals surface area contributed by atoms with Crippen LogP contribution in [0.4, 0.5) is 23.0 Å². The number of esters is 1. The Balaban J connectivity index is 1.42. The second-order valence-electron chi connectivity index (χ2n) is 11.3. The Morgan fingerprint density at radius 3 is 2.20 bits per heavy atom. The first-order valence-electron chi connectivity index (χ1n) is 13.6. The maximum atomic E-state index is 13.9. The lowest BCUT2D eigenvalue weighted by atomic mass is 9.92. The van der Waals surface area contributed by atoms with Crippen LogP contribution >= 0.6 is 22.7 Å². The SMILES string of the molecule is CC(C)(C)OC(=O)c1c(NC(=O)NCc2c(-c3ccccc3C(F)(F)F)sc3c2CCCC3)sc2c1CCCC2. The van der Waals surface area contributed by atoms with Crippen LogP contribution in [0.2, 0.25) is 0 Å². The van der Waals surface area contributed by atoms with E-state index in [4.69, 9.17) is 4.74 Å². The Hall–Kier alpha value is -2.85. The van der Waals surface area contributed by atoms with Crippen LogP contribution in [0.1, 0.15) is 88.8 Å². The summed E-state index contributed by atoms with van der Waals surface area (Å²) in [5.74, 6) is -0.458. The maximum Gasteiger partial charge on any atom is 0.417 e. The zero-order valence-corrected chi connectivity index (χ0v) is 24.5. The summed E-state index contributed by atoms with van der Waals surface area (Å²) in [6.45, 7) is 5.50. The van der Waals surface area contributed by atoms with Crippen molar-refractivity contribution >= 4 is 39.7 Å². The Morgan fingerprint density at radius 1 is 0.900 bits per heavy atom. The molecule has 5 rings (SSSR count). The van der Waals surface area contributed by atoms with Crippen LogP contribution in [0.3, 0.4) is 0 Å². The largest absolute Gasteiger partial charge is 0.456 e. The molecule has 214 valence electrons. The van der Waals surface area contributed by atoms with Crippen LogP contribution in [0.15, 0.2) is 24.3 Å². The lowest BCUT2D eigenvalue weighted by molar-refractivity contribution is -0.137. The van der Waals surface area contributed by atoms with Crippen molar-refractivity contribution in [3.8, 4) is 10.4 Å². The van der Waals surface area contributed by atoms with Crippen molar-refractivity contribution in [2.75, 3.05) is 5.32 Å². The second-order valence-corrected chi connectivity index (χ2v) is 13.5. The number of thiophene rings is 2. The van der Waals surface area contributed by atoms with Crippen LogP contribution in [0, 0.1) is 0 Å². The predicted molar refractivity (Wildman–Crippen MR) is 153 cm³/mol. The van der Waals surface area contributed by atoms with Crippen molar-refractivity contribution in [3.05, 3.63) is 61.8 Å². The number of rotatable bonds is 5. The van der Waals surface area contributed by atoms with Gasteiger partial charge in [-0.1, -0.05) is 18.2 Å². The second kappa shape index (κ2) is 11.2. The van der Waals surface area contributed by atoms with Gasteiger partial charge in [0, 0.05) is 26.7 Å². The fourth-order valence-corrected chi connectivity index (χ4v) is 8.20. The molecule has 2 aromatic heterocycles. The third-order valence-electron chi connectivity index (χ3n) is 7.19. The van der Waals surface area contributed by atoms with Gasteiger partial charge in [-0.15, -0.1) is 22.7 Å². The summed E-state index contributed by atoms with van der Waals surface area (Å²) in [5.41, 5.74) is 1.93. The van der Waals surface area contributed by atoms with E-state index in [1.807, 2.05) is 0 Å². The molecule has 10 heteroatoms. The number of nitrogens with one attached hydrogen (secondary N) is 2. The zero-order valence-electron chi connectivity index (χ0n) is 22.8. The number of carbonyl (C=O) groups is 2. The van der Waals surface area contributed by atoms with Crippen LogP contribution < -0.4 is 10.6 Å². The van der Waals surface area contributed by atoms with Gasteiger partial charge in [-0.3, -0.25) is 5.32 Å². The number of anilines is 1. The Labute approximate surface area is 240 Å². The van der Waals surface area contributed by atoms with Crippen molar-refractivity contribution in [2.24, 2.45) is 0 Å².